The smallest absolute Gasteiger partial charge is 0.233 e. The third-order valence-electron chi connectivity index (χ3n) is 3.87. The molecule has 1 fully saturated rings. The van der Waals surface area contributed by atoms with Crippen LogP contribution in [0.15, 0.2) is 46.0 Å². The maximum absolute atomic E-state index is 12.3. The number of carbonyl (C=O) groups excluding carboxylic acids is 1. The lowest BCUT2D eigenvalue weighted by Crippen LogP contribution is -2.33. The molecule has 4 nitrogen and oxygen atoms in total. The average Bonchev–Trinajstić information content (AvgIpc) is 3.25. The molecule has 2 aromatic rings. The second kappa shape index (κ2) is 7.27. The molecular formula is C17H19NO3S2. The zero-order valence-electron chi connectivity index (χ0n) is 12.9. The predicted octanol–water partition coefficient (Wildman–Crippen LogP) is 3.13. The molecule has 1 heterocycles. The van der Waals surface area contributed by atoms with E-state index in [4.69, 9.17) is 4.74 Å². The molecule has 1 N–H and O–H groups in total. The molecule has 1 amide bonds. The summed E-state index contributed by atoms with van der Waals surface area (Å²) in [7, 11) is 0.367. The van der Waals surface area contributed by atoms with Crippen molar-refractivity contribution in [3.05, 3.63) is 47.3 Å². The number of amides is 1. The van der Waals surface area contributed by atoms with Crippen molar-refractivity contribution in [2.24, 2.45) is 5.92 Å². The van der Waals surface area contributed by atoms with Gasteiger partial charge in [0.2, 0.25) is 5.91 Å². The largest absolute Gasteiger partial charge is 0.497 e. The van der Waals surface area contributed by atoms with Crippen molar-refractivity contribution in [1.29, 1.82) is 0 Å². The van der Waals surface area contributed by atoms with Crippen LogP contribution in [0.3, 0.4) is 0 Å². The van der Waals surface area contributed by atoms with E-state index in [2.05, 4.69) is 5.32 Å². The van der Waals surface area contributed by atoms with E-state index in [-0.39, 0.29) is 17.7 Å². The van der Waals surface area contributed by atoms with Crippen LogP contribution in [0.25, 0.3) is 0 Å². The third kappa shape index (κ3) is 4.20. The number of hydrogen-bond donors (Lipinski definition) is 1. The highest BCUT2D eigenvalue weighted by molar-refractivity contribution is 7.88. The van der Waals surface area contributed by atoms with Gasteiger partial charge in [-0.15, -0.1) is 11.3 Å². The minimum Gasteiger partial charge on any atom is -0.497 e. The van der Waals surface area contributed by atoms with Gasteiger partial charge in [0, 0.05) is 0 Å². The van der Waals surface area contributed by atoms with E-state index < -0.39 is 10.8 Å². The topological polar surface area (TPSA) is 55.4 Å². The van der Waals surface area contributed by atoms with Gasteiger partial charge in [-0.3, -0.25) is 9.00 Å². The molecular weight excluding hydrogens is 330 g/mol. The Morgan fingerprint density at radius 3 is 2.65 bits per heavy atom. The van der Waals surface area contributed by atoms with E-state index in [1.807, 2.05) is 35.7 Å². The molecule has 0 bridgehead atoms. The second-order valence-electron chi connectivity index (χ2n) is 5.58. The Balaban J connectivity index is 1.65. The number of benzene rings is 1. The zero-order valence-corrected chi connectivity index (χ0v) is 14.5. The molecule has 122 valence electrons. The zero-order chi connectivity index (χ0) is 16.2. The summed E-state index contributed by atoms with van der Waals surface area (Å²) >= 11 is 1.42. The Morgan fingerprint density at radius 1 is 1.35 bits per heavy atom. The van der Waals surface area contributed by atoms with E-state index in [0.717, 1.165) is 28.4 Å². The van der Waals surface area contributed by atoms with Crippen molar-refractivity contribution in [1.82, 2.24) is 5.32 Å². The summed E-state index contributed by atoms with van der Waals surface area (Å²) in [5.41, 5.74) is 1.07. The summed E-state index contributed by atoms with van der Waals surface area (Å²) in [6.07, 6.45) is 2.23. The van der Waals surface area contributed by atoms with Crippen LogP contribution < -0.4 is 10.1 Å². The van der Waals surface area contributed by atoms with Crippen LogP contribution in [0.5, 0.6) is 5.75 Å². The summed E-state index contributed by atoms with van der Waals surface area (Å²) in [5, 5.41) is 4.93. The molecule has 1 aromatic heterocycles. The second-order valence-corrected chi connectivity index (χ2v) is 8.20. The molecule has 0 saturated heterocycles. The third-order valence-corrected chi connectivity index (χ3v) is 6.48. The Hall–Kier alpha value is -1.66. The highest BCUT2D eigenvalue weighted by Gasteiger charge is 2.33. The van der Waals surface area contributed by atoms with Gasteiger partial charge in [-0.05, 0) is 47.9 Å². The predicted molar refractivity (Wildman–Crippen MR) is 92.2 cm³/mol. The number of methoxy groups -OCH3 is 1. The van der Waals surface area contributed by atoms with Gasteiger partial charge in [-0.25, -0.2) is 0 Å². The number of ether oxygens (including phenoxy) is 1. The van der Waals surface area contributed by atoms with Gasteiger partial charge in [-0.2, -0.15) is 0 Å². The maximum atomic E-state index is 12.3. The van der Waals surface area contributed by atoms with Crippen molar-refractivity contribution >= 4 is 28.0 Å². The highest BCUT2D eigenvalue weighted by atomic mass is 32.2. The first kappa shape index (κ1) is 16.2. The fourth-order valence-corrected chi connectivity index (χ4v) is 4.43. The van der Waals surface area contributed by atoms with E-state index in [9.17, 15) is 9.00 Å². The SMILES string of the molecule is COc1ccc(C(NC(=O)CS(=O)c2cccs2)C2CC2)cc1. The number of thiophene rings is 1. The van der Waals surface area contributed by atoms with Crippen molar-refractivity contribution in [2.45, 2.75) is 23.1 Å². The summed E-state index contributed by atoms with van der Waals surface area (Å²) in [6.45, 7) is 0. The molecule has 1 aliphatic carbocycles. The highest BCUT2D eigenvalue weighted by Crippen LogP contribution is 2.41. The maximum Gasteiger partial charge on any atom is 0.233 e. The first-order valence-corrected chi connectivity index (χ1v) is 9.72. The molecule has 0 aliphatic heterocycles. The van der Waals surface area contributed by atoms with Gasteiger partial charge in [0.1, 0.15) is 11.5 Å². The van der Waals surface area contributed by atoms with Crippen molar-refractivity contribution in [3.63, 3.8) is 0 Å². The lowest BCUT2D eigenvalue weighted by molar-refractivity contribution is -0.119. The summed E-state index contributed by atoms with van der Waals surface area (Å²) in [4.78, 5) is 12.3. The van der Waals surface area contributed by atoms with Gasteiger partial charge in [-0.1, -0.05) is 18.2 Å². The van der Waals surface area contributed by atoms with Crippen LogP contribution in [0.2, 0.25) is 0 Å². The fraction of sp³-hybridized carbons (Fsp3) is 0.353. The van der Waals surface area contributed by atoms with Crippen LogP contribution in [-0.2, 0) is 15.6 Å². The lowest BCUT2D eigenvalue weighted by atomic mass is 10.0. The first-order chi connectivity index (χ1) is 11.2. The molecule has 6 heteroatoms. The van der Waals surface area contributed by atoms with Gasteiger partial charge in [0.15, 0.2) is 0 Å². The summed E-state index contributed by atoms with van der Waals surface area (Å²) in [5.74, 6) is 1.13. The van der Waals surface area contributed by atoms with Crippen LogP contribution in [0.4, 0.5) is 0 Å². The average molecular weight is 349 g/mol. The van der Waals surface area contributed by atoms with Crippen LogP contribution in [-0.4, -0.2) is 23.0 Å². The van der Waals surface area contributed by atoms with Crippen molar-refractivity contribution < 1.29 is 13.7 Å². The lowest BCUT2D eigenvalue weighted by Gasteiger charge is -2.19. The molecule has 0 spiro atoms. The van der Waals surface area contributed by atoms with E-state index in [1.54, 1.807) is 13.2 Å². The molecule has 1 aliphatic rings. The van der Waals surface area contributed by atoms with E-state index >= 15 is 0 Å². The minimum atomic E-state index is -1.27. The summed E-state index contributed by atoms with van der Waals surface area (Å²) in [6, 6.07) is 11.4. The Morgan fingerprint density at radius 2 is 2.09 bits per heavy atom. The molecule has 2 unspecified atom stereocenters. The summed E-state index contributed by atoms with van der Waals surface area (Å²) < 4.78 is 18.1. The standard InChI is InChI=1S/C17H19NO3S2/c1-21-14-8-6-13(7-9-14)17(12-4-5-12)18-15(19)11-23(20)16-3-2-10-22-16/h2-3,6-10,12,17H,4-5,11H2,1H3,(H,18,19). The van der Waals surface area contributed by atoms with Crippen molar-refractivity contribution in [3.8, 4) is 5.75 Å². The van der Waals surface area contributed by atoms with Crippen LogP contribution >= 0.6 is 11.3 Å². The quantitative estimate of drug-likeness (QED) is 0.835. The van der Waals surface area contributed by atoms with Crippen molar-refractivity contribution in [2.75, 3.05) is 12.9 Å². The number of carbonyl (C=O) groups is 1. The van der Waals surface area contributed by atoms with Gasteiger partial charge in [0.25, 0.3) is 0 Å². The molecule has 1 saturated carbocycles. The van der Waals surface area contributed by atoms with Crippen LogP contribution in [0, 0.1) is 5.92 Å². The Bertz CT molecular complexity index is 678. The van der Waals surface area contributed by atoms with Gasteiger partial charge in [0.05, 0.1) is 28.2 Å². The Kier molecular flexibility index (Phi) is 5.13. The van der Waals surface area contributed by atoms with Gasteiger partial charge >= 0.3 is 0 Å². The first-order valence-electron chi connectivity index (χ1n) is 7.52. The number of hydrogen-bond acceptors (Lipinski definition) is 4. The molecule has 1 aromatic carbocycles. The Labute approximate surface area is 142 Å². The normalized spacial score (nSPS) is 16.6. The molecule has 0 radical (unpaired) electrons. The molecule has 23 heavy (non-hydrogen) atoms. The fourth-order valence-electron chi connectivity index (χ4n) is 2.51. The number of rotatable bonds is 7. The van der Waals surface area contributed by atoms with Gasteiger partial charge < -0.3 is 10.1 Å². The van der Waals surface area contributed by atoms with E-state index in [0.29, 0.717) is 5.92 Å². The minimum absolute atomic E-state index is 0.00579. The number of nitrogens with one attached hydrogen (secondary N) is 1. The van der Waals surface area contributed by atoms with E-state index in [1.165, 1.54) is 11.3 Å². The van der Waals surface area contributed by atoms with Crippen LogP contribution in [0.1, 0.15) is 24.4 Å². The monoisotopic (exact) mass is 349 g/mol. The molecule has 3 rings (SSSR count). The molecule has 2 atom stereocenters.